The van der Waals surface area contributed by atoms with Crippen LogP contribution in [0, 0.1) is 0 Å². The molecule has 0 unspecified atom stereocenters. The van der Waals surface area contributed by atoms with Crippen molar-refractivity contribution in [2.75, 3.05) is 68.5 Å². The lowest BCUT2D eigenvalue weighted by Gasteiger charge is -2.29. The second-order valence-corrected chi connectivity index (χ2v) is 8.80. The van der Waals surface area contributed by atoms with Crippen LogP contribution in [-0.2, 0) is 4.79 Å². The predicted octanol–water partition coefficient (Wildman–Crippen LogP) is 3.00. The number of amides is 1. The van der Waals surface area contributed by atoms with E-state index in [4.69, 9.17) is 4.98 Å². The normalized spacial score (nSPS) is 13.4. The van der Waals surface area contributed by atoms with Crippen LogP contribution in [0.15, 0.2) is 54.9 Å². The molecule has 1 amide bonds. The number of nitrogens with one attached hydrogen (secondary N) is 2. The summed E-state index contributed by atoms with van der Waals surface area (Å²) < 4.78 is 0. The minimum atomic E-state index is 0.0843. The van der Waals surface area contributed by atoms with E-state index in [-0.39, 0.29) is 5.91 Å². The van der Waals surface area contributed by atoms with Crippen molar-refractivity contribution in [2.45, 2.75) is 13.3 Å². The molecule has 35 heavy (non-hydrogen) atoms. The molecular weight excluding hydrogens is 440 g/mol. The van der Waals surface area contributed by atoms with E-state index in [1.165, 1.54) is 5.69 Å². The van der Waals surface area contributed by atoms with Crippen LogP contribution < -0.4 is 20.4 Å². The molecule has 0 atom stereocenters. The second-order valence-electron chi connectivity index (χ2n) is 8.80. The fourth-order valence-electron chi connectivity index (χ4n) is 3.99. The van der Waals surface area contributed by atoms with Crippen molar-refractivity contribution in [3.05, 3.63) is 54.9 Å². The Kier molecular flexibility index (Phi) is 8.10. The first kappa shape index (κ1) is 24.4. The van der Waals surface area contributed by atoms with E-state index >= 15 is 0 Å². The Morgan fingerprint density at radius 2 is 1.91 bits per heavy atom. The number of carbonyl (C=O) groups excluding carboxylic acids is 1. The fraction of sp³-hybridized carbons (Fsp3) is 0.385. The van der Waals surface area contributed by atoms with Crippen LogP contribution in [0.5, 0.6) is 0 Å². The molecule has 184 valence electrons. The van der Waals surface area contributed by atoms with Gasteiger partial charge in [-0.05, 0) is 42.8 Å². The molecule has 2 aromatic heterocycles. The first-order chi connectivity index (χ1) is 17.0. The van der Waals surface area contributed by atoms with Gasteiger partial charge >= 0.3 is 0 Å². The van der Waals surface area contributed by atoms with E-state index in [2.05, 4.69) is 48.6 Å². The summed E-state index contributed by atoms with van der Waals surface area (Å²) in [4.78, 5) is 31.3. The maximum absolute atomic E-state index is 11.3. The second kappa shape index (κ2) is 11.6. The van der Waals surface area contributed by atoms with Gasteiger partial charge in [0.15, 0.2) is 0 Å². The summed E-state index contributed by atoms with van der Waals surface area (Å²) in [5, 5.41) is 6.73. The van der Waals surface area contributed by atoms with Crippen molar-refractivity contribution in [1.29, 1.82) is 0 Å². The van der Waals surface area contributed by atoms with Crippen molar-refractivity contribution in [3.8, 4) is 11.3 Å². The van der Waals surface area contributed by atoms with Gasteiger partial charge in [-0.15, -0.1) is 0 Å². The van der Waals surface area contributed by atoms with Crippen molar-refractivity contribution in [1.82, 2.24) is 25.2 Å². The number of hydrogen-bond acceptors (Lipinski definition) is 8. The number of aromatic nitrogens is 3. The zero-order chi connectivity index (χ0) is 24.6. The van der Waals surface area contributed by atoms with Gasteiger partial charge in [-0.3, -0.25) is 4.79 Å². The van der Waals surface area contributed by atoms with Gasteiger partial charge in [0, 0.05) is 89.6 Å². The average Bonchev–Trinajstić information content (AvgIpc) is 2.89. The molecule has 0 aliphatic carbocycles. The van der Waals surface area contributed by atoms with E-state index < -0.39 is 0 Å². The number of piperazine rings is 1. The van der Waals surface area contributed by atoms with Crippen LogP contribution in [0.4, 0.5) is 23.1 Å². The Bertz CT molecular complexity index is 1110. The molecule has 0 spiro atoms. The van der Waals surface area contributed by atoms with Crippen LogP contribution >= 0.6 is 0 Å². The molecule has 1 saturated heterocycles. The van der Waals surface area contributed by atoms with Crippen LogP contribution in [0.1, 0.15) is 13.3 Å². The molecule has 1 aliphatic heterocycles. The first-order valence-corrected chi connectivity index (χ1v) is 12.0. The Labute approximate surface area is 207 Å². The molecular formula is C26H34N8O. The molecule has 0 saturated carbocycles. The molecule has 3 aromatic rings. The Hall–Kier alpha value is -3.72. The number of benzene rings is 1. The largest absolute Gasteiger partial charge is 0.369 e. The monoisotopic (exact) mass is 474 g/mol. The van der Waals surface area contributed by atoms with Gasteiger partial charge in [0.05, 0.1) is 5.69 Å². The van der Waals surface area contributed by atoms with Gasteiger partial charge in [0.2, 0.25) is 11.9 Å². The third-order valence-corrected chi connectivity index (χ3v) is 6.20. The number of carbonyl (C=O) groups is 1. The molecule has 1 aliphatic rings. The molecule has 2 N–H and O–H groups in total. The molecule has 4 rings (SSSR count). The number of anilines is 4. The lowest BCUT2D eigenvalue weighted by molar-refractivity contribution is -0.127. The van der Waals surface area contributed by atoms with E-state index in [0.717, 1.165) is 68.5 Å². The SMILES string of the molecule is CC(=O)N(C)CCCN(C)c1ccc(-c2ccnc(Nc3cccc(N4CCNCC4)c3)n2)cn1. The smallest absolute Gasteiger partial charge is 0.227 e. The number of hydrogen-bond donors (Lipinski definition) is 2. The highest BCUT2D eigenvalue weighted by atomic mass is 16.2. The number of nitrogens with zero attached hydrogens (tertiary/aromatic N) is 6. The van der Waals surface area contributed by atoms with E-state index in [1.807, 2.05) is 44.6 Å². The minimum absolute atomic E-state index is 0.0843. The van der Waals surface area contributed by atoms with Crippen LogP contribution in [0.2, 0.25) is 0 Å². The molecule has 0 bridgehead atoms. The van der Waals surface area contributed by atoms with Gasteiger partial charge in [0.25, 0.3) is 0 Å². The molecule has 9 nitrogen and oxygen atoms in total. The van der Waals surface area contributed by atoms with Crippen LogP contribution in [0.3, 0.4) is 0 Å². The highest BCUT2D eigenvalue weighted by Crippen LogP contribution is 2.24. The van der Waals surface area contributed by atoms with Gasteiger partial charge in [-0.25, -0.2) is 15.0 Å². The van der Waals surface area contributed by atoms with Crippen molar-refractivity contribution >= 4 is 29.0 Å². The van der Waals surface area contributed by atoms with Crippen molar-refractivity contribution < 1.29 is 4.79 Å². The first-order valence-electron chi connectivity index (χ1n) is 12.0. The Morgan fingerprint density at radius 1 is 1.09 bits per heavy atom. The zero-order valence-electron chi connectivity index (χ0n) is 20.7. The quantitative estimate of drug-likeness (QED) is 0.489. The average molecular weight is 475 g/mol. The topological polar surface area (TPSA) is 89.5 Å². The highest BCUT2D eigenvalue weighted by molar-refractivity contribution is 5.72. The van der Waals surface area contributed by atoms with Crippen molar-refractivity contribution in [3.63, 3.8) is 0 Å². The summed E-state index contributed by atoms with van der Waals surface area (Å²) in [6, 6.07) is 14.3. The van der Waals surface area contributed by atoms with Crippen LogP contribution in [0.25, 0.3) is 11.3 Å². The third kappa shape index (κ3) is 6.66. The van der Waals surface area contributed by atoms with Crippen molar-refractivity contribution in [2.24, 2.45) is 0 Å². The minimum Gasteiger partial charge on any atom is -0.369 e. The molecule has 3 heterocycles. The fourth-order valence-corrected chi connectivity index (χ4v) is 3.99. The zero-order valence-corrected chi connectivity index (χ0v) is 20.7. The lowest BCUT2D eigenvalue weighted by Crippen LogP contribution is -2.43. The summed E-state index contributed by atoms with van der Waals surface area (Å²) in [5.41, 5.74) is 3.90. The van der Waals surface area contributed by atoms with Gasteiger partial charge in [0.1, 0.15) is 5.82 Å². The highest BCUT2D eigenvalue weighted by Gasteiger charge is 2.11. The summed E-state index contributed by atoms with van der Waals surface area (Å²) >= 11 is 0. The number of rotatable bonds is 9. The molecule has 0 radical (unpaired) electrons. The lowest BCUT2D eigenvalue weighted by atomic mass is 10.2. The third-order valence-electron chi connectivity index (χ3n) is 6.20. The molecule has 1 fully saturated rings. The maximum atomic E-state index is 11.3. The molecule has 1 aromatic carbocycles. The Balaban J connectivity index is 1.38. The predicted molar refractivity (Wildman–Crippen MR) is 141 cm³/mol. The summed E-state index contributed by atoms with van der Waals surface area (Å²) in [5.74, 6) is 1.52. The maximum Gasteiger partial charge on any atom is 0.227 e. The Morgan fingerprint density at radius 3 is 2.66 bits per heavy atom. The number of pyridine rings is 1. The van der Waals surface area contributed by atoms with E-state index in [0.29, 0.717) is 5.95 Å². The standard InChI is InChI=1S/C26H34N8O/c1-20(35)32(2)14-5-15-33(3)25-9-8-21(19-29-25)24-10-11-28-26(31-24)30-22-6-4-7-23(18-22)34-16-12-27-13-17-34/h4,6-11,18-19,27H,5,12-17H2,1-3H3,(H,28,30,31). The summed E-state index contributed by atoms with van der Waals surface area (Å²) in [6.07, 6.45) is 4.48. The summed E-state index contributed by atoms with van der Waals surface area (Å²) in [6.45, 7) is 7.14. The van der Waals surface area contributed by atoms with Crippen LogP contribution in [-0.4, -0.2) is 79.1 Å². The van der Waals surface area contributed by atoms with Gasteiger partial charge in [-0.2, -0.15) is 0 Å². The van der Waals surface area contributed by atoms with E-state index in [1.54, 1.807) is 18.0 Å². The summed E-state index contributed by atoms with van der Waals surface area (Å²) in [7, 11) is 3.83. The van der Waals surface area contributed by atoms with E-state index in [9.17, 15) is 4.79 Å². The van der Waals surface area contributed by atoms with Gasteiger partial charge in [-0.1, -0.05) is 6.07 Å². The molecule has 9 heteroatoms. The van der Waals surface area contributed by atoms with Gasteiger partial charge < -0.3 is 25.3 Å².